The normalized spacial score (nSPS) is 11.0. The monoisotopic (exact) mass is 654 g/mol. The molecule has 45 heavy (non-hydrogen) atoms. The Morgan fingerprint density at radius 3 is 2.44 bits per heavy atom. The van der Waals surface area contributed by atoms with Gasteiger partial charge in [-0.05, 0) is 72.3 Å². The number of methoxy groups -OCH3 is 1. The SMILES string of the molecule is COc1cccc(-c2csc(NC(=O)CSc3ccc(NC(=O)/C(=C/c4cccc(Cl)c4)NC(=O)c4ccccc4)cc3)n2)c1. The molecule has 0 saturated heterocycles. The summed E-state index contributed by atoms with van der Waals surface area (Å²) in [5.74, 6) is -0.196. The third-order valence-electron chi connectivity index (χ3n) is 6.29. The molecule has 0 spiro atoms. The van der Waals surface area contributed by atoms with Crippen LogP contribution in [0.25, 0.3) is 17.3 Å². The van der Waals surface area contributed by atoms with Crippen LogP contribution in [0.1, 0.15) is 15.9 Å². The topological polar surface area (TPSA) is 109 Å². The molecule has 226 valence electrons. The second-order valence-electron chi connectivity index (χ2n) is 9.52. The van der Waals surface area contributed by atoms with Crippen LogP contribution in [0.5, 0.6) is 5.75 Å². The molecule has 8 nitrogen and oxygen atoms in total. The van der Waals surface area contributed by atoms with E-state index < -0.39 is 11.8 Å². The molecule has 0 aliphatic rings. The van der Waals surface area contributed by atoms with Crippen molar-refractivity contribution in [2.24, 2.45) is 0 Å². The first kappa shape index (κ1) is 31.5. The zero-order chi connectivity index (χ0) is 31.6. The lowest BCUT2D eigenvalue weighted by Gasteiger charge is -2.12. The molecule has 5 rings (SSSR count). The maximum absolute atomic E-state index is 13.3. The van der Waals surface area contributed by atoms with Crippen LogP contribution in [0.4, 0.5) is 10.8 Å². The summed E-state index contributed by atoms with van der Waals surface area (Å²) in [7, 11) is 1.61. The van der Waals surface area contributed by atoms with Gasteiger partial charge in [0.2, 0.25) is 5.91 Å². The third kappa shape index (κ3) is 9.05. The number of thioether (sulfide) groups is 1. The van der Waals surface area contributed by atoms with Gasteiger partial charge in [0.15, 0.2) is 5.13 Å². The smallest absolute Gasteiger partial charge is 0.272 e. The van der Waals surface area contributed by atoms with Gasteiger partial charge in [-0.15, -0.1) is 23.1 Å². The number of ether oxygens (including phenoxy) is 1. The first-order valence-electron chi connectivity index (χ1n) is 13.6. The Bertz CT molecular complexity index is 1840. The molecule has 0 atom stereocenters. The molecule has 3 N–H and O–H groups in total. The quantitative estimate of drug-likeness (QED) is 0.0999. The number of amides is 3. The van der Waals surface area contributed by atoms with E-state index in [0.717, 1.165) is 21.9 Å². The highest BCUT2D eigenvalue weighted by Gasteiger charge is 2.16. The molecule has 0 radical (unpaired) electrons. The van der Waals surface area contributed by atoms with Crippen molar-refractivity contribution >= 4 is 69.3 Å². The van der Waals surface area contributed by atoms with Crippen LogP contribution in [0.3, 0.4) is 0 Å². The van der Waals surface area contributed by atoms with Gasteiger partial charge in [-0.3, -0.25) is 14.4 Å². The molecule has 0 aliphatic heterocycles. The number of halogens is 1. The van der Waals surface area contributed by atoms with Crippen LogP contribution in [0.15, 0.2) is 119 Å². The summed E-state index contributed by atoms with van der Waals surface area (Å²) < 4.78 is 5.27. The van der Waals surface area contributed by atoms with Crippen molar-refractivity contribution < 1.29 is 19.1 Å². The van der Waals surface area contributed by atoms with E-state index in [0.29, 0.717) is 27.0 Å². The van der Waals surface area contributed by atoms with E-state index in [1.807, 2.05) is 29.6 Å². The molecule has 1 heterocycles. The van der Waals surface area contributed by atoms with Crippen molar-refractivity contribution in [1.82, 2.24) is 10.3 Å². The first-order valence-corrected chi connectivity index (χ1v) is 15.9. The number of nitrogens with one attached hydrogen (secondary N) is 3. The number of anilines is 2. The van der Waals surface area contributed by atoms with Gasteiger partial charge >= 0.3 is 0 Å². The van der Waals surface area contributed by atoms with Gasteiger partial charge in [0.1, 0.15) is 11.4 Å². The molecular formula is C34H27ClN4O4S2. The number of carbonyl (C=O) groups excluding carboxylic acids is 3. The van der Waals surface area contributed by atoms with Crippen LogP contribution >= 0.6 is 34.7 Å². The standard InChI is InChI=1S/C34H27ClN4O4S2/c1-43-27-12-6-10-24(19-27)30-20-45-34(38-30)39-31(40)21-44-28-15-13-26(14-16-28)36-33(42)29(18-22-7-5-11-25(35)17-22)37-32(41)23-8-3-2-4-9-23/h2-20H,21H2,1H3,(H,36,42)(H,37,41)(H,38,39,40)/b29-18-. The minimum absolute atomic E-state index is 0.0537. The Morgan fingerprint density at radius 1 is 0.911 bits per heavy atom. The summed E-state index contributed by atoms with van der Waals surface area (Å²) in [4.78, 5) is 44.1. The van der Waals surface area contributed by atoms with Gasteiger partial charge in [0.05, 0.1) is 18.6 Å². The lowest BCUT2D eigenvalue weighted by atomic mass is 10.1. The number of carbonyl (C=O) groups is 3. The highest BCUT2D eigenvalue weighted by Crippen LogP contribution is 2.28. The largest absolute Gasteiger partial charge is 0.497 e. The highest BCUT2D eigenvalue weighted by atomic mass is 35.5. The van der Waals surface area contributed by atoms with Crippen LogP contribution in [-0.4, -0.2) is 35.6 Å². The Balaban J connectivity index is 1.18. The van der Waals surface area contributed by atoms with Gasteiger partial charge in [-0.25, -0.2) is 4.98 Å². The molecule has 11 heteroatoms. The molecule has 1 aromatic heterocycles. The van der Waals surface area contributed by atoms with Crippen molar-refractivity contribution in [2.75, 3.05) is 23.5 Å². The second kappa shape index (κ2) is 15.2. The lowest BCUT2D eigenvalue weighted by Crippen LogP contribution is -2.30. The van der Waals surface area contributed by atoms with Gasteiger partial charge in [0, 0.05) is 32.1 Å². The number of thiazole rings is 1. The van der Waals surface area contributed by atoms with Crippen LogP contribution in [0, 0.1) is 0 Å². The molecule has 5 aromatic rings. The molecule has 0 bridgehead atoms. The predicted octanol–water partition coefficient (Wildman–Crippen LogP) is 7.61. The van der Waals surface area contributed by atoms with Crippen molar-refractivity contribution in [3.05, 3.63) is 130 Å². The summed E-state index contributed by atoms with van der Waals surface area (Å²) in [6, 6.07) is 30.2. The summed E-state index contributed by atoms with van der Waals surface area (Å²) >= 11 is 8.83. The molecule has 0 unspecified atom stereocenters. The number of aromatic nitrogens is 1. The minimum atomic E-state index is -0.504. The van der Waals surface area contributed by atoms with Gasteiger partial charge < -0.3 is 20.7 Å². The van der Waals surface area contributed by atoms with Gasteiger partial charge in [0.25, 0.3) is 11.8 Å². The Morgan fingerprint density at radius 2 is 1.69 bits per heavy atom. The fourth-order valence-electron chi connectivity index (χ4n) is 4.09. The zero-order valence-corrected chi connectivity index (χ0v) is 26.3. The summed E-state index contributed by atoms with van der Waals surface area (Å²) in [6.07, 6.45) is 1.56. The predicted molar refractivity (Wildman–Crippen MR) is 182 cm³/mol. The molecule has 4 aromatic carbocycles. The van der Waals surface area contributed by atoms with Crippen LogP contribution < -0.4 is 20.7 Å². The third-order valence-corrected chi connectivity index (χ3v) is 8.29. The maximum Gasteiger partial charge on any atom is 0.272 e. The van der Waals surface area contributed by atoms with Crippen LogP contribution in [-0.2, 0) is 9.59 Å². The fraction of sp³-hybridized carbons (Fsp3) is 0.0588. The molecular weight excluding hydrogens is 628 g/mol. The number of hydrogen-bond donors (Lipinski definition) is 3. The molecule has 0 fully saturated rings. The van der Waals surface area contributed by atoms with E-state index in [1.54, 1.807) is 92.0 Å². The van der Waals surface area contributed by atoms with Gasteiger partial charge in [-0.1, -0.05) is 54.1 Å². The Labute approximate surface area is 273 Å². The summed E-state index contributed by atoms with van der Waals surface area (Å²) in [5, 5.41) is 11.3. The first-order chi connectivity index (χ1) is 21.9. The van der Waals surface area contributed by atoms with Gasteiger partial charge in [-0.2, -0.15) is 0 Å². The second-order valence-corrected chi connectivity index (χ2v) is 11.9. The molecule has 3 amide bonds. The number of hydrogen-bond acceptors (Lipinski definition) is 7. The average Bonchev–Trinajstić information content (AvgIpc) is 3.53. The summed E-state index contributed by atoms with van der Waals surface area (Å²) in [6.45, 7) is 0. The van der Waals surface area contributed by atoms with E-state index in [1.165, 1.54) is 23.1 Å². The van der Waals surface area contributed by atoms with Crippen LogP contribution in [0.2, 0.25) is 5.02 Å². The number of rotatable bonds is 11. The van der Waals surface area contributed by atoms with E-state index in [9.17, 15) is 14.4 Å². The molecule has 0 saturated carbocycles. The number of nitrogens with zero attached hydrogens (tertiary/aromatic N) is 1. The van der Waals surface area contributed by atoms with E-state index in [4.69, 9.17) is 16.3 Å². The summed E-state index contributed by atoms with van der Waals surface area (Å²) in [5.41, 5.74) is 3.30. The van der Waals surface area contributed by atoms with E-state index in [-0.39, 0.29) is 17.4 Å². The Kier molecular flexibility index (Phi) is 10.7. The maximum atomic E-state index is 13.3. The minimum Gasteiger partial charge on any atom is -0.497 e. The fourth-order valence-corrected chi connectivity index (χ4v) is 5.72. The van der Waals surface area contributed by atoms with Crippen molar-refractivity contribution in [1.29, 1.82) is 0 Å². The number of benzene rings is 4. The highest BCUT2D eigenvalue weighted by molar-refractivity contribution is 8.00. The average molecular weight is 655 g/mol. The zero-order valence-electron chi connectivity index (χ0n) is 24.0. The molecule has 0 aliphatic carbocycles. The van der Waals surface area contributed by atoms with Crippen molar-refractivity contribution in [2.45, 2.75) is 4.90 Å². The Hall–Kier alpha value is -4.90. The van der Waals surface area contributed by atoms with E-state index in [2.05, 4.69) is 20.9 Å². The van der Waals surface area contributed by atoms with Crippen molar-refractivity contribution in [3.8, 4) is 17.0 Å². The van der Waals surface area contributed by atoms with E-state index >= 15 is 0 Å². The van der Waals surface area contributed by atoms with Crippen molar-refractivity contribution in [3.63, 3.8) is 0 Å². The lowest BCUT2D eigenvalue weighted by molar-refractivity contribution is -0.114.